The highest BCUT2D eigenvalue weighted by Gasteiger charge is 2.13. The number of ether oxygens (including phenoxy) is 2. The van der Waals surface area contributed by atoms with Crippen molar-refractivity contribution in [2.45, 2.75) is 6.61 Å². The van der Waals surface area contributed by atoms with Gasteiger partial charge in [0.1, 0.15) is 12.4 Å². The molecular formula is C24H20ClNO5. The van der Waals surface area contributed by atoms with Gasteiger partial charge < -0.3 is 20.3 Å². The number of rotatable bonds is 8. The summed E-state index contributed by atoms with van der Waals surface area (Å²) in [7, 11) is 1.48. The topological polar surface area (TPSA) is 98.8 Å². The third-order valence-electron chi connectivity index (χ3n) is 4.40. The van der Waals surface area contributed by atoms with E-state index in [1.165, 1.54) is 25.3 Å². The van der Waals surface area contributed by atoms with Gasteiger partial charge in [-0.05, 0) is 53.6 Å². The maximum Gasteiger partial charge on any atom is 0.248 e. The summed E-state index contributed by atoms with van der Waals surface area (Å²) in [5.74, 6) is -0.0329. The molecule has 0 aromatic heterocycles. The van der Waals surface area contributed by atoms with Crippen LogP contribution in [0.4, 0.5) is 0 Å². The van der Waals surface area contributed by atoms with Gasteiger partial charge in [-0.1, -0.05) is 41.9 Å². The van der Waals surface area contributed by atoms with E-state index in [0.717, 1.165) is 5.56 Å². The molecule has 3 aromatic rings. The van der Waals surface area contributed by atoms with Crippen LogP contribution in [-0.2, 0) is 6.61 Å². The molecule has 6 nitrogen and oxygen atoms in total. The molecule has 3 N–H and O–H groups in total. The molecule has 0 spiro atoms. The van der Waals surface area contributed by atoms with Crippen LogP contribution in [0.15, 0.2) is 66.7 Å². The molecule has 158 valence electrons. The predicted octanol–water partition coefficient (Wildman–Crippen LogP) is 4.63. The smallest absolute Gasteiger partial charge is 0.248 e. The summed E-state index contributed by atoms with van der Waals surface area (Å²) in [5.41, 5.74) is 7.44. The number of hydrogen-bond acceptors (Lipinski definition) is 5. The van der Waals surface area contributed by atoms with Crippen LogP contribution in [0.5, 0.6) is 17.2 Å². The number of halogens is 1. The molecule has 31 heavy (non-hydrogen) atoms. The summed E-state index contributed by atoms with van der Waals surface area (Å²) in [5, 5.41) is 9.81. The Morgan fingerprint density at radius 1 is 1.06 bits per heavy atom. The zero-order chi connectivity index (χ0) is 22.4. The number of phenolic OH excluding ortho intramolecular Hbond substituents is 1. The number of nitrogens with two attached hydrogens (primary N) is 1. The van der Waals surface area contributed by atoms with Crippen molar-refractivity contribution in [3.63, 3.8) is 0 Å². The lowest BCUT2D eigenvalue weighted by Crippen LogP contribution is -2.11. The average Bonchev–Trinajstić information content (AvgIpc) is 2.76. The SMILES string of the molecule is COc1cc(C=CC(=O)c2cccc(O)c2)cc(Cl)c1OCc1cccc(C(N)=O)c1. The van der Waals surface area contributed by atoms with Crippen LogP contribution in [0.3, 0.4) is 0 Å². The molecular weight excluding hydrogens is 418 g/mol. The number of allylic oxidation sites excluding steroid dienone is 1. The monoisotopic (exact) mass is 437 g/mol. The number of ketones is 1. The molecule has 0 aliphatic rings. The van der Waals surface area contributed by atoms with Crippen molar-refractivity contribution in [3.8, 4) is 17.2 Å². The van der Waals surface area contributed by atoms with Crippen LogP contribution in [-0.4, -0.2) is 23.9 Å². The predicted molar refractivity (Wildman–Crippen MR) is 119 cm³/mol. The van der Waals surface area contributed by atoms with Crippen molar-refractivity contribution in [1.82, 2.24) is 0 Å². The molecule has 0 aliphatic heterocycles. The van der Waals surface area contributed by atoms with Crippen molar-refractivity contribution < 1.29 is 24.2 Å². The van der Waals surface area contributed by atoms with Crippen LogP contribution in [0.1, 0.15) is 31.8 Å². The minimum absolute atomic E-state index is 0.0202. The van der Waals surface area contributed by atoms with E-state index >= 15 is 0 Å². The quantitative estimate of drug-likeness (QED) is 0.395. The zero-order valence-corrected chi connectivity index (χ0v) is 17.4. The molecule has 0 saturated heterocycles. The maximum absolute atomic E-state index is 12.3. The highest BCUT2D eigenvalue weighted by molar-refractivity contribution is 6.32. The number of methoxy groups -OCH3 is 1. The lowest BCUT2D eigenvalue weighted by atomic mass is 10.1. The van der Waals surface area contributed by atoms with E-state index in [0.29, 0.717) is 33.2 Å². The molecule has 0 fully saturated rings. The molecule has 0 heterocycles. The fourth-order valence-corrected chi connectivity index (χ4v) is 3.15. The third kappa shape index (κ3) is 5.65. The number of benzene rings is 3. The van der Waals surface area contributed by atoms with Gasteiger partial charge in [0, 0.05) is 11.1 Å². The van der Waals surface area contributed by atoms with Gasteiger partial charge in [0.15, 0.2) is 17.3 Å². The number of carbonyl (C=O) groups is 2. The van der Waals surface area contributed by atoms with E-state index in [4.69, 9.17) is 26.8 Å². The molecule has 1 amide bonds. The Morgan fingerprint density at radius 3 is 2.52 bits per heavy atom. The number of primary amides is 1. The highest BCUT2D eigenvalue weighted by atomic mass is 35.5. The maximum atomic E-state index is 12.3. The lowest BCUT2D eigenvalue weighted by Gasteiger charge is -2.13. The van der Waals surface area contributed by atoms with Gasteiger partial charge in [0.25, 0.3) is 0 Å². The minimum Gasteiger partial charge on any atom is -0.508 e. The molecule has 0 aliphatic carbocycles. The van der Waals surface area contributed by atoms with Crippen molar-refractivity contribution in [1.29, 1.82) is 0 Å². The fourth-order valence-electron chi connectivity index (χ4n) is 2.87. The number of carbonyl (C=O) groups excluding carboxylic acids is 2. The Bertz CT molecular complexity index is 1160. The van der Waals surface area contributed by atoms with Crippen LogP contribution in [0.25, 0.3) is 6.08 Å². The van der Waals surface area contributed by atoms with E-state index in [9.17, 15) is 14.7 Å². The highest BCUT2D eigenvalue weighted by Crippen LogP contribution is 2.37. The third-order valence-corrected chi connectivity index (χ3v) is 4.69. The second kappa shape index (κ2) is 9.82. The molecule has 0 bridgehead atoms. The first kappa shape index (κ1) is 21.9. The van der Waals surface area contributed by atoms with E-state index in [1.807, 2.05) is 0 Å². The normalized spacial score (nSPS) is 10.8. The van der Waals surface area contributed by atoms with Crippen LogP contribution in [0.2, 0.25) is 5.02 Å². The molecule has 0 saturated carbocycles. The van der Waals surface area contributed by atoms with Crippen LogP contribution >= 0.6 is 11.6 Å². The Morgan fingerprint density at radius 2 is 1.81 bits per heavy atom. The summed E-state index contributed by atoms with van der Waals surface area (Å²) in [6.45, 7) is 0.155. The van der Waals surface area contributed by atoms with E-state index < -0.39 is 5.91 Å². The van der Waals surface area contributed by atoms with Gasteiger partial charge in [-0.25, -0.2) is 0 Å². The second-order valence-electron chi connectivity index (χ2n) is 6.64. The van der Waals surface area contributed by atoms with Crippen LogP contribution < -0.4 is 15.2 Å². The van der Waals surface area contributed by atoms with E-state index in [1.54, 1.807) is 54.6 Å². The summed E-state index contributed by atoms with van der Waals surface area (Å²) < 4.78 is 11.2. The first-order chi connectivity index (χ1) is 14.9. The average molecular weight is 438 g/mol. The van der Waals surface area contributed by atoms with E-state index in [2.05, 4.69) is 0 Å². The van der Waals surface area contributed by atoms with Gasteiger partial charge in [0.05, 0.1) is 12.1 Å². The first-order valence-electron chi connectivity index (χ1n) is 9.28. The fraction of sp³-hybridized carbons (Fsp3) is 0.0833. The number of amides is 1. The van der Waals surface area contributed by atoms with Crippen molar-refractivity contribution in [2.24, 2.45) is 5.73 Å². The summed E-state index contributed by atoms with van der Waals surface area (Å²) >= 11 is 6.38. The van der Waals surface area contributed by atoms with E-state index in [-0.39, 0.29) is 18.1 Å². The Balaban J connectivity index is 1.77. The Kier molecular flexibility index (Phi) is 6.95. The largest absolute Gasteiger partial charge is 0.508 e. The molecule has 3 rings (SSSR count). The van der Waals surface area contributed by atoms with Gasteiger partial charge >= 0.3 is 0 Å². The number of aromatic hydroxyl groups is 1. The van der Waals surface area contributed by atoms with Crippen LogP contribution in [0, 0.1) is 0 Å². The summed E-state index contributed by atoms with van der Waals surface area (Å²) in [4.78, 5) is 23.6. The van der Waals surface area contributed by atoms with Gasteiger partial charge in [-0.3, -0.25) is 9.59 Å². The Labute approximate surface area is 184 Å². The molecule has 7 heteroatoms. The molecule has 0 radical (unpaired) electrons. The van der Waals surface area contributed by atoms with Crippen molar-refractivity contribution >= 4 is 29.4 Å². The zero-order valence-electron chi connectivity index (χ0n) is 16.7. The first-order valence-corrected chi connectivity index (χ1v) is 9.65. The Hall–Kier alpha value is -3.77. The summed E-state index contributed by atoms with van der Waals surface area (Å²) in [6, 6.07) is 16.2. The lowest BCUT2D eigenvalue weighted by molar-refractivity contribution is 0.0998. The number of hydrogen-bond donors (Lipinski definition) is 2. The molecule has 0 unspecified atom stereocenters. The van der Waals surface area contributed by atoms with Gasteiger partial charge in [-0.15, -0.1) is 0 Å². The van der Waals surface area contributed by atoms with Gasteiger partial charge in [0.2, 0.25) is 5.91 Å². The summed E-state index contributed by atoms with van der Waals surface area (Å²) in [6.07, 6.45) is 2.98. The molecule has 0 atom stereocenters. The van der Waals surface area contributed by atoms with Gasteiger partial charge in [-0.2, -0.15) is 0 Å². The van der Waals surface area contributed by atoms with Crippen molar-refractivity contribution in [3.05, 3.63) is 94.0 Å². The molecule has 3 aromatic carbocycles. The van der Waals surface area contributed by atoms with Crippen molar-refractivity contribution in [2.75, 3.05) is 7.11 Å². The minimum atomic E-state index is -0.520. The number of phenols is 1. The second-order valence-corrected chi connectivity index (χ2v) is 7.04. The standard InChI is InChI=1S/C24H20ClNO5/c1-30-22-12-15(8-9-21(28)17-5-3-7-19(27)13-17)11-20(25)23(22)31-14-16-4-2-6-18(10-16)24(26)29/h2-13,27H,14H2,1H3,(H2,26,29).